The molecule has 0 saturated carbocycles. The summed E-state index contributed by atoms with van der Waals surface area (Å²) in [5, 5.41) is 9.46. The van der Waals surface area contributed by atoms with Gasteiger partial charge in [0.05, 0.1) is 17.5 Å². The predicted molar refractivity (Wildman–Crippen MR) is 86.4 cm³/mol. The van der Waals surface area contributed by atoms with Crippen LogP contribution in [0.25, 0.3) is 16.8 Å². The van der Waals surface area contributed by atoms with Crippen LogP contribution in [0.4, 0.5) is 4.39 Å². The van der Waals surface area contributed by atoms with E-state index in [4.69, 9.17) is 0 Å². The van der Waals surface area contributed by atoms with Crippen molar-refractivity contribution in [2.45, 2.75) is 13.3 Å². The van der Waals surface area contributed by atoms with E-state index in [2.05, 4.69) is 9.97 Å². The number of nitrogens with one attached hydrogen (secondary N) is 1. The number of halogens is 1. The topological polar surface area (TPSA) is 66.0 Å². The van der Waals surface area contributed by atoms with Gasteiger partial charge < -0.3 is 10.1 Å². The van der Waals surface area contributed by atoms with Crippen LogP contribution in [-0.4, -0.2) is 21.0 Å². The number of rotatable bonds is 3. The molecule has 2 aromatic heterocycles. The van der Waals surface area contributed by atoms with Crippen LogP contribution in [0, 0.1) is 5.82 Å². The zero-order valence-electron chi connectivity index (χ0n) is 12.5. The third-order valence-corrected chi connectivity index (χ3v) is 3.70. The molecule has 2 N–H and O–H groups in total. The van der Waals surface area contributed by atoms with Gasteiger partial charge in [-0.15, -0.1) is 0 Å². The van der Waals surface area contributed by atoms with E-state index in [0.717, 1.165) is 18.2 Å². The zero-order chi connectivity index (χ0) is 16.4. The van der Waals surface area contributed by atoms with Gasteiger partial charge in [-0.2, -0.15) is 0 Å². The Balaban J connectivity index is 2.11. The average Bonchev–Trinajstić information content (AvgIpc) is 2.85. The van der Waals surface area contributed by atoms with E-state index in [9.17, 15) is 14.3 Å². The van der Waals surface area contributed by atoms with Crippen molar-refractivity contribution in [1.29, 1.82) is 0 Å². The number of pyridine rings is 1. The van der Waals surface area contributed by atoms with Gasteiger partial charge in [-0.25, -0.2) is 9.18 Å². The van der Waals surface area contributed by atoms with Crippen LogP contribution in [0.1, 0.15) is 29.4 Å². The molecule has 0 spiro atoms. The standard InChI is InChI=1S/C18H15FN2O2/c1-11-3-2-4-12(6-5-11)17-14(18(22)23)9-16(21-17)13-7-8-20-10-15(13)19/h2-4,6-10,21H,5H2,1H3,(H,22,23). The number of aromatic carboxylic acids is 1. The number of nitrogens with zero attached hydrogens (tertiary/aromatic N) is 1. The molecule has 2 aromatic rings. The Kier molecular flexibility index (Phi) is 3.93. The Hall–Kier alpha value is -2.95. The number of allylic oxidation sites excluding steroid dienone is 6. The number of carbonyl (C=O) groups is 1. The van der Waals surface area contributed by atoms with Crippen LogP contribution in [0.3, 0.4) is 0 Å². The first-order chi connectivity index (χ1) is 11.1. The summed E-state index contributed by atoms with van der Waals surface area (Å²) in [5.74, 6) is -1.56. The summed E-state index contributed by atoms with van der Waals surface area (Å²) >= 11 is 0. The molecule has 0 aliphatic heterocycles. The quantitative estimate of drug-likeness (QED) is 0.892. The Morgan fingerprint density at radius 1 is 1.43 bits per heavy atom. The summed E-state index contributed by atoms with van der Waals surface area (Å²) < 4.78 is 13.9. The molecule has 3 rings (SSSR count). The van der Waals surface area contributed by atoms with E-state index >= 15 is 0 Å². The highest BCUT2D eigenvalue weighted by Gasteiger charge is 2.19. The predicted octanol–water partition coefficient (Wildman–Crippen LogP) is 4.20. The van der Waals surface area contributed by atoms with Crippen LogP contribution < -0.4 is 0 Å². The van der Waals surface area contributed by atoms with E-state index in [1.807, 2.05) is 31.2 Å². The molecule has 0 amide bonds. The van der Waals surface area contributed by atoms with Gasteiger partial charge >= 0.3 is 5.97 Å². The van der Waals surface area contributed by atoms with Gasteiger partial charge in [0.2, 0.25) is 0 Å². The minimum absolute atomic E-state index is 0.117. The lowest BCUT2D eigenvalue weighted by Crippen LogP contribution is -1.98. The summed E-state index contributed by atoms with van der Waals surface area (Å²) in [6.45, 7) is 2.01. The molecule has 0 unspecified atom stereocenters. The van der Waals surface area contributed by atoms with Crippen LogP contribution in [0.5, 0.6) is 0 Å². The molecule has 116 valence electrons. The molecular weight excluding hydrogens is 295 g/mol. The number of H-pyrrole nitrogens is 1. The van der Waals surface area contributed by atoms with Gasteiger partial charge in [-0.3, -0.25) is 4.98 Å². The largest absolute Gasteiger partial charge is 0.478 e. The first kappa shape index (κ1) is 15.0. The van der Waals surface area contributed by atoms with Crippen molar-refractivity contribution >= 4 is 11.5 Å². The average molecular weight is 310 g/mol. The van der Waals surface area contributed by atoms with Crippen LogP contribution in [0.2, 0.25) is 0 Å². The van der Waals surface area contributed by atoms with E-state index in [1.54, 1.807) is 0 Å². The molecule has 2 heterocycles. The van der Waals surface area contributed by atoms with Gasteiger partial charge in [0.15, 0.2) is 5.82 Å². The first-order valence-electron chi connectivity index (χ1n) is 7.17. The summed E-state index contributed by atoms with van der Waals surface area (Å²) in [6, 6.07) is 2.97. The maximum absolute atomic E-state index is 13.9. The maximum Gasteiger partial charge on any atom is 0.337 e. The fraction of sp³-hybridized carbons (Fsp3) is 0.111. The highest BCUT2D eigenvalue weighted by Crippen LogP contribution is 2.29. The molecule has 1 aliphatic rings. The SMILES string of the molecule is CC1=CC=CC(c2[nH]c(-c3ccncc3F)cc2C(=O)O)=CC1. The third-order valence-electron chi connectivity index (χ3n) is 3.70. The van der Waals surface area contributed by atoms with E-state index in [0.29, 0.717) is 17.0 Å². The Morgan fingerprint density at radius 3 is 3.00 bits per heavy atom. The summed E-state index contributed by atoms with van der Waals surface area (Å²) in [7, 11) is 0. The van der Waals surface area contributed by atoms with Crippen molar-refractivity contribution in [1.82, 2.24) is 9.97 Å². The molecule has 0 saturated heterocycles. The molecule has 0 aromatic carbocycles. The van der Waals surface area contributed by atoms with Crippen LogP contribution >= 0.6 is 0 Å². The van der Waals surface area contributed by atoms with Gasteiger partial charge in [0.25, 0.3) is 0 Å². The molecule has 23 heavy (non-hydrogen) atoms. The van der Waals surface area contributed by atoms with Gasteiger partial charge in [-0.05, 0) is 31.1 Å². The second-order valence-corrected chi connectivity index (χ2v) is 5.37. The molecule has 4 nitrogen and oxygen atoms in total. The molecule has 0 atom stereocenters. The van der Waals surface area contributed by atoms with Crippen molar-refractivity contribution in [3.63, 3.8) is 0 Å². The fourth-order valence-corrected chi connectivity index (χ4v) is 2.50. The molecule has 5 heteroatoms. The number of hydrogen-bond acceptors (Lipinski definition) is 2. The fourth-order valence-electron chi connectivity index (χ4n) is 2.50. The van der Waals surface area contributed by atoms with E-state index in [-0.39, 0.29) is 5.56 Å². The molecule has 0 bridgehead atoms. The van der Waals surface area contributed by atoms with Crippen molar-refractivity contribution < 1.29 is 14.3 Å². The van der Waals surface area contributed by atoms with Crippen molar-refractivity contribution in [3.8, 4) is 11.3 Å². The summed E-state index contributed by atoms with van der Waals surface area (Å²) in [5.41, 5.74) is 3.26. The minimum Gasteiger partial charge on any atom is -0.478 e. The molecule has 1 aliphatic carbocycles. The van der Waals surface area contributed by atoms with Crippen LogP contribution in [0.15, 0.2) is 54.4 Å². The summed E-state index contributed by atoms with van der Waals surface area (Å²) in [4.78, 5) is 18.3. The van der Waals surface area contributed by atoms with Crippen molar-refractivity contribution in [2.24, 2.45) is 0 Å². The third kappa shape index (κ3) is 2.99. The van der Waals surface area contributed by atoms with Crippen molar-refractivity contribution in [3.05, 3.63) is 71.5 Å². The number of hydrogen-bond donors (Lipinski definition) is 2. The lowest BCUT2D eigenvalue weighted by Gasteiger charge is -2.02. The summed E-state index contributed by atoms with van der Waals surface area (Å²) in [6.07, 6.45) is 11.0. The lowest BCUT2D eigenvalue weighted by molar-refractivity contribution is 0.0697. The second-order valence-electron chi connectivity index (χ2n) is 5.37. The Morgan fingerprint density at radius 2 is 2.26 bits per heavy atom. The molecular formula is C18H15FN2O2. The number of aromatic amines is 1. The highest BCUT2D eigenvalue weighted by molar-refractivity contribution is 5.96. The van der Waals surface area contributed by atoms with Crippen molar-refractivity contribution in [2.75, 3.05) is 0 Å². The first-order valence-corrected chi connectivity index (χ1v) is 7.17. The monoisotopic (exact) mass is 310 g/mol. The van der Waals surface area contributed by atoms with E-state index < -0.39 is 11.8 Å². The van der Waals surface area contributed by atoms with Gasteiger partial charge in [-0.1, -0.05) is 29.9 Å². The molecule has 0 radical (unpaired) electrons. The normalized spacial score (nSPS) is 14.2. The number of aromatic nitrogens is 2. The number of carboxylic acids is 1. The highest BCUT2D eigenvalue weighted by atomic mass is 19.1. The maximum atomic E-state index is 13.9. The van der Waals surface area contributed by atoms with Gasteiger partial charge in [0.1, 0.15) is 0 Å². The zero-order valence-corrected chi connectivity index (χ0v) is 12.5. The van der Waals surface area contributed by atoms with Gasteiger partial charge in [0, 0.05) is 17.5 Å². The second kappa shape index (κ2) is 6.04. The Labute approximate surface area is 132 Å². The minimum atomic E-state index is -1.06. The number of carboxylic acid groups (broad SMARTS) is 1. The van der Waals surface area contributed by atoms with E-state index in [1.165, 1.54) is 23.9 Å². The smallest absolute Gasteiger partial charge is 0.337 e. The molecule has 0 fully saturated rings. The lowest BCUT2D eigenvalue weighted by atomic mass is 10.1. The van der Waals surface area contributed by atoms with Crippen LogP contribution in [-0.2, 0) is 0 Å². The Bertz CT molecular complexity index is 860.